The molecule has 0 aliphatic rings. The number of hydrogen-bond donors (Lipinski definition) is 1. The molecule has 1 heterocycles. The zero-order valence-corrected chi connectivity index (χ0v) is 13.5. The van der Waals surface area contributed by atoms with Gasteiger partial charge in [0.15, 0.2) is 0 Å². The standard InChI is InChI=1S/C19H19N3O2/c1-2-14-8-10-16(11-9-14)20-17(23)12-13-18-21-22-19(24-18)15-6-4-3-5-7-15/h3-11H,2,12-13H2,1H3,(H,20,23). The van der Waals surface area contributed by atoms with Crippen LogP contribution < -0.4 is 5.32 Å². The Labute approximate surface area is 140 Å². The van der Waals surface area contributed by atoms with E-state index in [0.717, 1.165) is 17.7 Å². The first-order chi connectivity index (χ1) is 11.7. The lowest BCUT2D eigenvalue weighted by Gasteiger charge is -2.05. The average Bonchev–Trinajstić information content (AvgIpc) is 3.10. The van der Waals surface area contributed by atoms with Crippen molar-refractivity contribution in [2.45, 2.75) is 26.2 Å². The molecule has 0 bridgehead atoms. The van der Waals surface area contributed by atoms with E-state index in [4.69, 9.17) is 4.42 Å². The lowest BCUT2D eigenvalue weighted by Crippen LogP contribution is -2.12. The molecule has 0 saturated carbocycles. The summed E-state index contributed by atoms with van der Waals surface area (Å²) in [6.45, 7) is 2.10. The van der Waals surface area contributed by atoms with Gasteiger partial charge in [0.05, 0.1) is 0 Å². The van der Waals surface area contributed by atoms with Gasteiger partial charge in [-0.1, -0.05) is 37.3 Å². The Balaban J connectivity index is 1.53. The highest BCUT2D eigenvalue weighted by Gasteiger charge is 2.10. The number of amides is 1. The molecule has 0 saturated heterocycles. The van der Waals surface area contributed by atoms with E-state index in [1.807, 2.05) is 54.6 Å². The van der Waals surface area contributed by atoms with Gasteiger partial charge in [-0.2, -0.15) is 0 Å². The topological polar surface area (TPSA) is 68.0 Å². The molecule has 1 amide bonds. The van der Waals surface area contributed by atoms with Gasteiger partial charge < -0.3 is 9.73 Å². The second-order valence-electron chi connectivity index (χ2n) is 5.47. The Bertz CT molecular complexity index is 795. The van der Waals surface area contributed by atoms with Crippen molar-refractivity contribution in [3.63, 3.8) is 0 Å². The van der Waals surface area contributed by atoms with Gasteiger partial charge in [0, 0.05) is 24.1 Å². The summed E-state index contributed by atoms with van der Waals surface area (Å²) in [7, 11) is 0. The van der Waals surface area contributed by atoms with Crippen LogP contribution >= 0.6 is 0 Å². The van der Waals surface area contributed by atoms with Gasteiger partial charge >= 0.3 is 0 Å². The van der Waals surface area contributed by atoms with Crippen molar-refractivity contribution in [3.05, 3.63) is 66.1 Å². The molecule has 0 unspecified atom stereocenters. The molecule has 0 aliphatic heterocycles. The summed E-state index contributed by atoms with van der Waals surface area (Å²) in [5, 5.41) is 10.9. The predicted octanol–water partition coefficient (Wildman–Crippen LogP) is 3.87. The van der Waals surface area contributed by atoms with Crippen LogP contribution in [0.3, 0.4) is 0 Å². The first kappa shape index (κ1) is 15.9. The molecular weight excluding hydrogens is 302 g/mol. The Hall–Kier alpha value is -2.95. The molecule has 3 rings (SSSR count). The van der Waals surface area contributed by atoms with E-state index in [2.05, 4.69) is 22.4 Å². The second kappa shape index (κ2) is 7.55. The number of benzene rings is 2. The van der Waals surface area contributed by atoms with Gasteiger partial charge in [0.1, 0.15) is 0 Å². The summed E-state index contributed by atoms with van der Waals surface area (Å²) in [5.74, 6) is 0.866. The fraction of sp³-hybridized carbons (Fsp3) is 0.211. The zero-order chi connectivity index (χ0) is 16.8. The average molecular weight is 321 g/mol. The van der Waals surface area contributed by atoms with Crippen molar-refractivity contribution in [1.82, 2.24) is 10.2 Å². The van der Waals surface area contributed by atoms with Crippen LogP contribution in [0.5, 0.6) is 0 Å². The van der Waals surface area contributed by atoms with E-state index in [-0.39, 0.29) is 5.91 Å². The van der Waals surface area contributed by atoms with Crippen LogP contribution in [0.15, 0.2) is 59.0 Å². The van der Waals surface area contributed by atoms with Gasteiger partial charge in [-0.15, -0.1) is 10.2 Å². The Kier molecular flexibility index (Phi) is 5.01. The SMILES string of the molecule is CCc1ccc(NC(=O)CCc2nnc(-c3ccccc3)o2)cc1. The predicted molar refractivity (Wildman–Crippen MR) is 92.5 cm³/mol. The molecule has 122 valence electrons. The number of nitrogens with one attached hydrogen (secondary N) is 1. The number of carbonyl (C=O) groups is 1. The van der Waals surface area contributed by atoms with Gasteiger partial charge in [0.2, 0.25) is 17.7 Å². The molecule has 0 atom stereocenters. The Morgan fingerprint density at radius 3 is 2.50 bits per heavy atom. The van der Waals surface area contributed by atoms with E-state index < -0.39 is 0 Å². The quantitative estimate of drug-likeness (QED) is 0.748. The largest absolute Gasteiger partial charge is 0.421 e. The molecule has 0 spiro atoms. The van der Waals surface area contributed by atoms with E-state index in [9.17, 15) is 4.79 Å². The van der Waals surface area contributed by atoms with Crippen molar-refractivity contribution < 1.29 is 9.21 Å². The van der Waals surface area contributed by atoms with Crippen molar-refractivity contribution >= 4 is 11.6 Å². The highest BCUT2D eigenvalue weighted by molar-refractivity contribution is 5.90. The number of aryl methyl sites for hydroxylation is 2. The van der Waals surface area contributed by atoms with Crippen molar-refractivity contribution in [2.24, 2.45) is 0 Å². The molecule has 1 N–H and O–H groups in total. The Morgan fingerprint density at radius 2 is 1.79 bits per heavy atom. The highest BCUT2D eigenvalue weighted by Crippen LogP contribution is 2.17. The molecule has 2 aromatic carbocycles. The number of rotatable bonds is 6. The molecule has 0 fully saturated rings. The normalized spacial score (nSPS) is 10.5. The molecule has 0 aliphatic carbocycles. The van der Waals surface area contributed by atoms with Crippen LogP contribution in [-0.2, 0) is 17.6 Å². The minimum atomic E-state index is -0.0706. The van der Waals surface area contributed by atoms with Crippen LogP contribution in [-0.4, -0.2) is 16.1 Å². The number of aromatic nitrogens is 2. The third-order valence-corrected chi connectivity index (χ3v) is 3.70. The summed E-state index contributed by atoms with van der Waals surface area (Å²) < 4.78 is 5.60. The maximum absolute atomic E-state index is 12.0. The summed E-state index contributed by atoms with van der Waals surface area (Å²) in [4.78, 5) is 12.0. The third kappa shape index (κ3) is 4.07. The van der Waals surface area contributed by atoms with Gasteiger partial charge in [0.25, 0.3) is 0 Å². The van der Waals surface area contributed by atoms with Crippen LogP contribution in [0.1, 0.15) is 24.8 Å². The van der Waals surface area contributed by atoms with Crippen LogP contribution in [0, 0.1) is 0 Å². The number of carbonyl (C=O) groups excluding carboxylic acids is 1. The summed E-state index contributed by atoms with van der Waals surface area (Å²) >= 11 is 0. The van der Waals surface area contributed by atoms with Gasteiger partial charge in [-0.3, -0.25) is 4.79 Å². The maximum atomic E-state index is 12.0. The smallest absolute Gasteiger partial charge is 0.247 e. The van der Waals surface area contributed by atoms with Crippen molar-refractivity contribution in [1.29, 1.82) is 0 Å². The molecule has 0 radical (unpaired) electrons. The molecular formula is C19H19N3O2. The van der Waals surface area contributed by atoms with Crippen molar-refractivity contribution in [3.8, 4) is 11.5 Å². The first-order valence-corrected chi connectivity index (χ1v) is 8.01. The highest BCUT2D eigenvalue weighted by atomic mass is 16.4. The lowest BCUT2D eigenvalue weighted by atomic mass is 10.1. The second-order valence-corrected chi connectivity index (χ2v) is 5.47. The maximum Gasteiger partial charge on any atom is 0.247 e. The van der Waals surface area contributed by atoms with E-state index >= 15 is 0 Å². The monoisotopic (exact) mass is 321 g/mol. The van der Waals surface area contributed by atoms with E-state index in [1.54, 1.807) is 0 Å². The van der Waals surface area contributed by atoms with Gasteiger partial charge in [-0.05, 0) is 36.2 Å². The van der Waals surface area contributed by atoms with Crippen molar-refractivity contribution in [2.75, 3.05) is 5.32 Å². The molecule has 1 aromatic heterocycles. The van der Waals surface area contributed by atoms with Crippen LogP contribution in [0.2, 0.25) is 0 Å². The minimum Gasteiger partial charge on any atom is -0.421 e. The van der Waals surface area contributed by atoms with Crippen LogP contribution in [0.25, 0.3) is 11.5 Å². The first-order valence-electron chi connectivity index (χ1n) is 8.01. The molecule has 24 heavy (non-hydrogen) atoms. The summed E-state index contributed by atoms with van der Waals surface area (Å²) in [6, 6.07) is 17.4. The zero-order valence-electron chi connectivity index (χ0n) is 13.5. The third-order valence-electron chi connectivity index (χ3n) is 3.70. The molecule has 5 heteroatoms. The molecule has 3 aromatic rings. The number of hydrogen-bond acceptors (Lipinski definition) is 4. The number of nitrogens with zero attached hydrogens (tertiary/aromatic N) is 2. The van der Waals surface area contributed by atoms with Gasteiger partial charge in [-0.25, -0.2) is 0 Å². The lowest BCUT2D eigenvalue weighted by molar-refractivity contribution is -0.116. The van der Waals surface area contributed by atoms with E-state index in [1.165, 1.54) is 5.56 Å². The number of anilines is 1. The Morgan fingerprint density at radius 1 is 1.04 bits per heavy atom. The molecule has 5 nitrogen and oxygen atoms in total. The summed E-state index contributed by atoms with van der Waals surface area (Å²) in [5.41, 5.74) is 2.91. The van der Waals surface area contributed by atoms with Crippen LogP contribution in [0.4, 0.5) is 5.69 Å². The fourth-order valence-corrected chi connectivity index (χ4v) is 2.32. The fourth-order valence-electron chi connectivity index (χ4n) is 2.32. The minimum absolute atomic E-state index is 0.0706. The summed E-state index contributed by atoms with van der Waals surface area (Å²) in [6.07, 6.45) is 1.69. The van der Waals surface area contributed by atoms with E-state index in [0.29, 0.717) is 24.6 Å².